The summed E-state index contributed by atoms with van der Waals surface area (Å²) in [7, 11) is 0. The van der Waals surface area contributed by atoms with Gasteiger partial charge in [0.1, 0.15) is 6.33 Å². The number of hydrogen-bond donors (Lipinski definition) is 1. The first-order valence-corrected chi connectivity index (χ1v) is 11.0. The molecule has 1 aliphatic heterocycles. The number of ether oxygens (including phenoxy) is 1. The molecule has 156 valence electrons. The van der Waals surface area contributed by atoms with Crippen molar-refractivity contribution in [2.24, 2.45) is 0 Å². The fourth-order valence-corrected chi connectivity index (χ4v) is 4.11. The Labute approximate surface area is 184 Å². The predicted molar refractivity (Wildman–Crippen MR) is 120 cm³/mol. The number of nitrogens with one attached hydrogen (secondary N) is 1. The van der Waals surface area contributed by atoms with Crippen LogP contribution in [0, 0.1) is 6.92 Å². The van der Waals surface area contributed by atoms with E-state index >= 15 is 0 Å². The van der Waals surface area contributed by atoms with Crippen molar-refractivity contribution in [3.8, 4) is 5.69 Å². The Kier molecular flexibility index (Phi) is 6.56. The van der Waals surface area contributed by atoms with E-state index in [1.54, 1.807) is 12.4 Å². The number of carbonyl (C=O) groups excluding carboxylic acids is 1. The highest BCUT2D eigenvalue weighted by atomic mass is 35.5. The molecule has 9 heteroatoms. The van der Waals surface area contributed by atoms with Crippen molar-refractivity contribution in [2.45, 2.75) is 12.1 Å². The first-order chi connectivity index (χ1) is 14.6. The van der Waals surface area contributed by atoms with Crippen molar-refractivity contribution < 1.29 is 9.53 Å². The number of morpholine rings is 1. The Balaban J connectivity index is 1.43. The van der Waals surface area contributed by atoms with E-state index in [0.717, 1.165) is 24.5 Å². The second kappa shape index (κ2) is 9.51. The summed E-state index contributed by atoms with van der Waals surface area (Å²) in [6.45, 7) is 4.93. The molecule has 0 aliphatic carbocycles. The maximum absolute atomic E-state index is 12.7. The van der Waals surface area contributed by atoms with Crippen molar-refractivity contribution in [1.29, 1.82) is 0 Å². The minimum atomic E-state index is -0.129. The standard InChI is InChI=1S/C21H22ClN5O2S/c1-15-2-5-17(6-3-15)27-14-23-25-21(27)30-13-20(28)24-18-12-16(22)4-7-19(18)26-8-10-29-11-9-26/h2-7,12,14H,8-11,13H2,1H3,(H,24,28). The van der Waals surface area contributed by atoms with E-state index in [0.29, 0.717) is 29.1 Å². The third-order valence-corrected chi connectivity index (χ3v) is 5.92. The van der Waals surface area contributed by atoms with E-state index in [1.807, 2.05) is 47.9 Å². The number of aryl methyl sites for hydroxylation is 1. The molecule has 0 unspecified atom stereocenters. The fraction of sp³-hybridized carbons (Fsp3) is 0.286. The molecule has 0 saturated carbocycles. The first-order valence-electron chi connectivity index (χ1n) is 9.62. The van der Waals surface area contributed by atoms with Crippen LogP contribution >= 0.6 is 23.4 Å². The van der Waals surface area contributed by atoms with Crippen LogP contribution in [0.2, 0.25) is 5.02 Å². The Morgan fingerprint density at radius 3 is 2.73 bits per heavy atom. The van der Waals surface area contributed by atoms with Gasteiger partial charge in [-0.2, -0.15) is 0 Å². The van der Waals surface area contributed by atoms with Gasteiger partial charge in [0.2, 0.25) is 5.91 Å². The van der Waals surface area contributed by atoms with Crippen LogP contribution in [0.3, 0.4) is 0 Å². The van der Waals surface area contributed by atoms with Crippen molar-refractivity contribution in [2.75, 3.05) is 42.3 Å². The minimum Gasteiger partial charge on any atom is -0.378 e. The lowest BCUT2D eigenvalue weighted by Crippen LogP contribution is -2.36. The van der Waals surface area contributed by atoms with E-state index in [1.165, 1.54) is 17.3 Å². The largest absolute Gasteiger partial charge is 0.378 e. The quantitative estimate of drug-likeness (QED) is 0.584. The highest BCUT2D eigenvalue weighted by Gasteiger charge is 2.17. The third kappa shape index (κ3) is 4.95. The molecule has 0 atom stereocenters. The van der Waals surface area contributed by atoms with Gasteiger partial charge in [0.05, 0.1) is 30.3 Å². The predicted octanol–water partition coefficient (Wildman–Crippen LogP) is 3.80. The number of anilines is 2. The van der Waals surface area contributed by atoms with Gasteiger partial charge in [-0.1, -0.05) is 41.1 Å². The normalized spacial score (nSPS) is 14.0. The van der Waals surface area contributed by atoms with Gasteiger partial charge in [-0.05, 0) is 37.3 Å². The van der Waals surface area contributed by atoms with Crippen molar-refractivity contribution in [3.63, 3.8) is 0 Å². The Hall–Kier alpha value is -2.55. The van der Waals surface area contributed by atoms with E-state index in [-0.39, 0.29) is 11.7 Å². The second-order valence-electron chi connectivity index (χ2n) is 6.92. The molecule has 0 spiro atoms. The van der Waals surface area contributed by atoms with E-state index in [9.17, 15) is 4.79 Å². The molecule has 1 saturated heterocycles. The van der Waals surface area contributed by atoms with Crippen LogP contribution in [0.25, 0.3) is 5.69 Å². The summed E-state index contributed by atoms with van der Waals surface area (Å²) in [5.74, 6) is 0.0785. The number of hydrogen-bond acceptors (Lipinski definition) is 6. The topological polar surface area (TPSA) is 72.3 Å². The zero-order chi connectivity index (χ0) is 20.9. The van der Waals surface area contributed by atoms with Gasteiger partial charge >= 0.3 is 0 Å². The average molecular weight is 444 g/mol. The molecule has 1 aliphatic rings. The minimum absolute atomic E-state index is 0.129. The number of aromatic nitrogens is 3. The van der Waals surface area contributed by atoms with Crippen LogP contribution in [-0.2, 0) is 9.53 Å². The number of amides is 1. The molecule has 1 N–H and O–H groups in total. The smallest absolute Gasteiger partial charge is 0.234 e. The lowest BCUT2D eigenvalue weighted by atomic mass is 10.2. The van der Waals surface area contributed by atoms with Gasteiger partial charge in [-0.3, -0.25) is 9.36 Å². The molecule has 3 aromatic rings. The number of rotatable bonds is 6. The van der Waals surface area contributed by atoms with Crippen LogP contribution in [0.15, 0.2) is 53.9 Å². The van der Waals surface area contributed by atoms with Crippen molar-refractivity contribution >= 4 is 40.6 Å². The van der Waals surface area contributed by atoms with E-state index in [4.69, 9.17) is 16.3 Å². The number of benzene rings is 2. The van der Waals surface area contributed by atoms with Gasteiger partial charge < -0.3 is 15.0 Å². The molecule has 1 fully saturated rings. The summed E-state index contributed by atoms with van der Waals surface area (Å²) in [5.41, 5.74) is 3.79. The zero-order valence-corrected chi connectivity index (χ0v) is 18.1. The summed E-state index contributed by atoms with van der Waals surface area (Å²) in [6, 6.07) is 13.6. The highest BCUT2D eigenvalue weighted by Crippen LogP contribution is 2.30. The molecule has 0 bridgehead atoms. The van der Waals surface area contributed by atoms with Crippen LogP contribution < -0.4 is 10.2 Å². The third-order valence-electron chi connectivity index (χ3n) is 4.75. The Morgan fingerprint density at radius 1 is 1.20 bits per heavy atom. The SMILES string of the molecule is Cc1ccc(-n2cnnc2SCC(=O)Nc2cc(Cl)ccc2N2CCOCC2)cc1. The van der Waals surface area contributed by atoms with E-state index < -0.39 is 0 Å². The van der Waals surface area contributed by atoms with Crippen LogP contribution in [-0.4, -0.2) is 52.7 Å². The molecular formula is C21H22ClN5O2S. The van der Waals surface area contributed by atoms with Gasteiger partial charge in [0, 0.05) is 23.8 Å². The van der Waals surface area contributed by atoms with Gasteiger partial charge in [0.25, 0.3) is 0 Å². The monoisotopic (exact) mass is 443 g/mol. The van der Waals surface area contributed by atoms with Crippen molar-refractivity contribution in [3.05, 3.63) is 59.4 Å². The summed E-state index contributed by atoms with van der Waals surface area (Å²) < 4.78 is 7.30. The molecule has 1 aromatic heterocycles. The van der Waals surface area contributed by atoms with Crippen LogP contribution in [0.4, 0.5) is 11.4 Å². The lowest BCUT2D eigenvalue weighted by molar-refractivity contribution is -0.113. The van der Waals surface area contributed by atoms with Crippen LogP contribution in [0.1, 0.15) is 5.56 Å². The number of thioether (sulfide) groups is 1. The summed E-state index contributed by atoms with van der Waals surface area (Å²) in [5, 5.41) is 12.4. The summed E-state index contributed by atoms with van der Waals surface area (Å²) >= 11 is 7.51. The fourth-order valence-electron chi connectivity index (χ4n) is 3.21. The first kappa shape index (κ1) is 20.7. The number of nitrogens with zero attached hydrogens (tertiary/aromatic N) is 4. The maximum Gasteiger partial charge on any atom is 0.234 e. The Bertz CT molecular complexity index is 1020. The Morgan fingerprint density at radius 2 is 1.97 bits per heavy atom. The average Bonchev–Trinajstić information content (AvgIpc) is 3.22. The molecule has 2 heterocycles. The zero-order valence-electron chi connectivity index (χ0n) is 16.5. The maximum atomic E-state index is 12.7. The molecule has 7 nitrogen and oxygen atoms in total. The molecule has 30 heavy (non-hydrogen) atoms. The molecular weight excluding hydrogens is 422 g/mol. The van der Waals surface area contributed by atoms with Gasteiger partial charge in [-0.15, -0.1) is 10.2 Å². The molecule has 1 amide bonds. The summed E-state index contributed by atoms with van der Waals surface area (Å²) in [6.07, 6.45) is 1.65. The molecule has 2 aromatic carbocycles. The number of carbonyl (C=O) groups is 1. The van der Waals surface area contributed by atoms with Gasteiger partial charge in [0.15, 0.2) is 5.16 Å². The molecule has 0 radical (unpaired) electrons. The lowest BCUT2D eigenvalue weighted by Gasteiger charge is -2.30. The van der Waals surface area contributed by atoms with Gasteiger partial charge in [-0.25, -0.2) is 0 Å². The van der Waals surface area contributed by atoms with Crippen LogP contribution in [0.5, 0.6) is 0 Å². The number of halogens is 1. The second-order valence-corrected chi connectivity index (χ2v) is 8.30. The van der Waals surface area contributed by atoms with E-state index in [2.05, 4.69) is 20.4 Å². The van der Waals surface area contributed by atoms with Crippen molar-refractivity contribution in [1.82, 2.24) is 14.8 Å². The molecule has 4 rings (SSSR count). The summed E-state index contributed by atoms with van der Waals surface area (Å²) in [4.78, 5) is 14.9. The highest BCUT2D eigenvalue weighted by molar-refractivity contribution is 7.99.